The Morgan fingerprint density at radius 1 is 1.02 bits per heavy atom. The van der Waals surface area contributed by atoms with E-state index in [0.717, 1.165) is 85.6 Å². The molecule has 8 nitrogen and oxygen atoms in total. The van der Waals surface area contributed by atoms with Crippen LogP contribution in [0.5, 0.6) is 5.75 Å². The van der Waals surface area contributed by atoms with Crippen molar-refractivity contribution in [3.05, 3.63) is 82.7 Å². The highest BCUT2D eigenvalue weighted by atomic mass is 16.5. The minimum absolute atomic E-state index is 0.0395. The van der Waals surface area contributed by atoms with Crippen molar-refractivity contribution in [3.8, 4) is 28.3 Å². The summed E-state index contributed by atoms with van der Waals surface area (Å²) in [4.78, 5) is 22.4. The smallest absolute Gasteiger partial charge is 0.258 e. The molecule has 0 saturated carbocycles. The largest absolute Gasteiger partial charge is 0.492 e. The number of hydrogen-bond donors (Lipinski definition) is 1. The Morgan fingerprint density at radius 3 is 2.54 bits per heavy atom. The lowest BCUT2D eigenvalue weighted by Gasteiger charge is -2.37. The van der Waals surface area contributed by atoms with Crippen molar-refractivity contribution in [3.63, 3.8) is 0 Å². The number of likely N-dealkylation sites (tertiary alicyclic amines) is 1. The third-order valence-electron chi connectivity index (χ3n) is 9.09. The van der Waals surface area contributed by atoms with Gasteiger partial charge in [-0.25, -0.2) is 0 Å². The third kappa shape index (κ3) is 4.51. The Bertz CT molecular complexity index is 1620. The number of aromatic nitrogens is 2. The van der Waals surface area contributed by atoms with E-state index in [4.69, 9.17) is 9.26 Å². The molecule has 3 aromatic carbocycles. The molecule has 3 aliphatic rings. The van der Waals surface area contributed by atoms with Gasteiger partial charge < -0.3 is 24.2 Å². The zero-order valence-electron chi connectivity index (χ0n) is 23.5. The minimum atomic E-state index is -0.284. The number of anilines is 1. The molecule has 0 atom stereocenters. The van der Waals surface area contributed by atoms with Crippen molar-refractivity contribution >= 4 is 11.6 Å². The summed E-state index contributed by atoms with van der Waals surface area (Å²) in [6, 6.07) is 18.3. The molecule has 1 amide bonds. The highest BCUT2D eigenvalue weighted by Gasteiger charge is 2.43. The number of nitrogens with zero attached hydrogens (tertiary/aromatic N) is 4. The van der Waals surface area contributed by atoms with E-state index < -0.39 is 0 Å². The molecule has 1 spiro atoms. The van der Waals surface area contributed by atoms with Gasteiger partial charge in [0.15, 0.2) is 0 Å². The maximum Gasteiger partial charge on any atom is 0.258 e. The normalized spacial score (nSPS) is 17.8. The Hall–Kier alpha value is -4.01. The summed E-state index contributed by atoms with van der Waals surface area (Å²) in [6.45, 7) is 5.35. The molecule has 4 aromatic rings. The van der Waals surface area contributed by atoms with Gasteiger partial charge in [-0.3, -0.25) is 4.79 Å². The van der Waals surface area contributed by atoms with Crippen LogP contribution in [0.3, 0.4) is 0 Å². The standard InChI is InChI=1S/C33H34N4O4/c1-21-16-25(31-34-30(19-38)41-35-31)9-10-26(21)22-5-7-23(8-6-22)32(39)37-13-3-4-24-17-29-27(18-28(24)37)33(20-40-29)11-14-36(2)15-12-33/h5-10,16-18,38H,3-4,11-15,19-20H2,1-2H3. The van der Waals surface area contributed by atoms with Crippen LogP contribution < -0.4 is 9.64 Å². The molecule has 1 aromatic heterocycles. The van der Waals surface area contributed by atoms with E-state index in [0.29, 0.717) is 11.4 Å². The number of ether oxygens (including phenoxy) is 1. The van der Waals surface area contributed by atoms with Crippen LogP contribution in [0.1, 0.15) is 52.2 Å². The molecule has 0 radical (unpaired) electrons. The Balaban J connectivity index is 1.14. The highest BCUT2D eigenvalue weighted by Crippen LogP contribution is 2.48. The molecule has 0 aliphatic carbocycles. The molecule has 1 saturated heterocycles. The van der Waals surface area contributed by atoms with Gasteiger partial charge in [0.05, 0.1) is 6.61 Å². The predicted octanol–water partition coefficient (Wildman–Crippen LogP) is 5.15. The zero-order chi connectivity index (χ0) is 28.1. The van der Waals surface area contributed by atoms with Gasteiger partial charge in [-0.2, -0.15) is 4.98 Å². The summed E-state index contributed by atoms with van der Waals surface area (Å²) < 4.78 is 11.3. The fourth-order valence-electron chi connectivity index (χ4n) is 6.62. The van der Waals surface area contributed by atoms with Crippen LogP contribution >= 0.6 is 0 Å². The SMILES string of the molecule is Cc1cc(-c2noc(CO)n2)ccc1-c1ccc(C(=O)N2CCCc3cc4c(cc32)C2(CCN(C)CC2)CO4)cc1. The Morgan fingerprint density at radius 2 is 1.80 bits per heavy atom. The first-order valence-electron chi connectivity index (χ1n) is 14.4. The van der Waals surface area contributed by atoms with Gasteiger partial charge in [0, 0.05) is 34.3 Å². The van der Waals surface area contributed by atoms with E-state index in [2.05, 4.69) is 34.2 Å². The molecule has 1 fully saturated rings. The van der Waals surface area contributed by atoms with Crippen LogP contribution in [0.15, 0.2) is 59.1 Å². The van der Waals surface area contributed by atoms with Gasteiger partial charge in [0.25, 0.3) is 11.8 Å². The van der Waals surface area contributed by atoms with Crippen molar-refractivity contribution in [1.82, 2.24) is 15.0 Å². The van der Waals surface area contributed by atoms with E-state index in [-0.39, 0.29) is 23.8 Å². The van der Waals surface area contributed by atoms with Crippen LogP contribution in [0.2, 0.25) is 0 Å². The molecule has 0 bridgehead atoms. The number of carbonyl (C=O) groups is 1. The van der Waals surface area contributed by atoms with Crippen molar-refractivity contribution in [2.45, 2.75) is 44.6 Å². The molecular formula is C33H34N4O4. The molecule has 210 valence electrons. The first-order chi connectivity index (χ1) is 19.9. The lowest BCUT2D eigenvalue weighted by molar-refractivity contribution is 0.0985. The van der Waals surface area contributed by atoms with Gasteiger partial charge in [-0.05, 0) is 105 Å². The fraction of sp³-hybridized carbons (Fsp3) is 0.364. The van der Waals surface area contributed by atoms with Crippen LogP contribution in [-0.4, -0.2) is 59.3 Å². The van der Waals surface area contributed by atoms with Crippen LogP contribution in [0, 0.1) is 6.92 Å². The number of aliphatic hydroxyl groups is 1. The summed E-state index contributed by atoms with van der Waals surface area (Å²) >= 11 is 0. The minimum Gasteiger partial charge on any atom is -0.492 e. The number of carbonyl (C=O) groups excluding carboxylic acids is 1. The van der Waals surface area contributed by atoms with E-state index in [1.807, 2.05) is 54.3 Å². The zero-order valence-corrected chi connectivity index (χ0v) is 23.5. The number of aliphatic hydroxyl groups excluding tert-OH is 1. The second-order valence-electron chi connectivity index (χ2n) is 11.7. The van der Waals surface area contributed by atoms with E-state index >= 15 is 0 Å². The second-order valence-corrected chi connectivity index (χ2v) is 11.7. The monoisotopic (exact) mass is 550 g/mol. The average molecular weight is 551 g/mol. The summed E-state index contributed by atoms with van der Waals surface area (Å²) in [5, 5.41) is 13.1. The number of aryl methyl sites for hydroxylation is 2. The predicted molar refractivity (Wildman–Crippen MR) is 156 cm³/mol. The number of piperidine rings is 1. The molecular weight excluding hydrogens is 516 g/mol. The summed E-state index contributed by atoms with van der Waals surface area (Å²) in [5.41, 5.74) is 8.26. The van der Waals surface area contributed by atoms with Gasteiger partial charge in [-0.1, -0.05) is 29.4 Å². The lowest BCUT2D eigenvalue weighted by Crippen LogP contribution is -2.42. The molecule has 7 rings (SSSR count). The highest BCUT2D eigenvalue weighted by molar-refractivity contribution is 6.07. The maximum atomic E-state index is 13.9. The van der Waals surface area contributed by atoms with E-state index in [1.54, 1.807) is 0 Å². The molecule has 4 heterocycles. The quantitative estimate of drug-likeness (QED) is 0.376. The first-order valence-corrected chi connectivity index (χ1v) is 14.4. The number of rotatable bonds is 4. The molecule has 3 aliphatic heterocycles. The summed E-state index contributed by atoms with van der Waals surface area (Å²) in [7, 11) is 2.18. The Kier molecular flexibility index (Phi) is 6.40. The lowest BCUT2D eigenvalue weighted by atomic mass is 9.74. The summed E-state index contributed by atoms with van der Waals surface area (Å²) in [6.07, 6.45) is 4.08. The Labute approximate surface area is 239 Å². The van der Waals surface area contributed by atoms with Crippen LogP contribution in [-0.2, 0) is 18.4 Å². The molecule has 8 heteroatoms. The van der Waals surface area contributed by atoms with Gasteiger partial charge >= 0.3 is 0 Å². The van der Waals surface area contributed by atoms with Crippen molar-refractivity contribution in [2.24, 2.45) is 0 Å². The van der Waals surface area contributed by atoms with Crippen molar-refractivity contribution in [2.75, 3.05) is 38.2 Å². The summed E-state index contributed by atoms with van der Waals surface area (Å²) in [5.74, 6) is 1.70. The molecule has 41 heavy (non-hydrogen) atoms. The van der Waals surface area contributed by atoms with Crippen LogP contribution in [0.25, 0.3) is 22.5 Å². The van der Waals surface area contributed by atoms with Crippen molar-refractivity contribution in [1.29, 1.82) is 0 Å². The third-order valence-corrected chi connectivity index (χ3v) is 9.09. The average Bonchev–Trinajstić information content (AvgIpc) is 3.62. The topological polar surface area (TPSA) is 91.9 Å². The number of fused-ring (bicyclic) bond motifs is 3. The van der Waals surface area contributed by atoms with E-state index in [9.17, 15) is 9.90 Å². The second kappa shape index (κ2) is 10.1. The number of benzene rings is 3. The van der Waals surface area contributed by atoms with Gasteiger partial charge in [0.1, 0.15) is 12.4 Å². The van der Waals surface area contributed by atoms with E-state index in [1.165, 1.54) is 11.1 Å². The molecule has 0 unspecified atom stereocenters. The van der Waals surface area contributed by atoms with Crippen molar-refractivity contribution < 1.29 is 19.2 Å². The first kappa shape index (κ1) is 25.9. The number of hydrogen-bond acceptors (Lipinski definition) is 7. The van der Waals surface area contributed by atoms with Gasteiger partial charge in [-0.15, -0.1) is 0 Å². The maximum absolute atomic E-state index is 13.9. The molecule has 1 N–H and O–H groups in total. The van der Waals surface area contributed by atoms with Crippen LogP contribution in [0.4, 0.5) is 5.69 Å². The van der Waals surface area contributed by atoms with Gasteiger partial charge in [0.2, 0.25) is 5.82 Å². The number of amides is 1. The fourth-order valence-corrected chi connectivity index (χ4v) is 6.62.